The van der Waals surface area contributed by atoms with Gasteiger partial charge in [0.2, 0.25) is 5.91 Å². The van der Waals surface area contributed by atoms with Crippen molar-refractivity contribution in [3.63, 3.8) is 0 Å². The molecule has 0 aliphatic carbocycles. The number of furan rings is 1. The first-order valence-corrected chi connectivity index (χ1v) is 11.8. The zero-order valence-corrected chi connectivity index (χ0v) is 19.9. The Kier molecular flexibility index (Phi) is 7.99. The molecule has 1 saturated heterocycles. The second kappa shape index (κ2) is 10.7. The number of nitrogens with zero attached hydrogens (tertiary/aromatic N) is 2. The molecule has 0 unspecified atom stereocenters. The number of amides is 2. The molecule has 0 spiro atoms. The predicted molar refractivity (Wildman–Crippen MR) is 129 cm³/mol. The van der Waals surface area contributed by atoms with Crippen molar-refractivity contribution < 1.29 is 14.0 Å². The molecule has 1 aromatic heterocycles. The molecule has 1 fully saturated rings. The number of carbonyl (C=O) groups is 2. The Hall–Kier alpha value is -2.76. The van der Waals surface area contributed by atoms with Crippen LogP contribution in [0.5, 0.6) is 0 Å². The van der Waals surface area contributed by atoms with Gasteiger partial charge >= 0.3 is 0 Å². The van der Waals surface area contributed by atoms with Gasteiger partial charge in [-0.2, -0.15) is 0 Å². The zero-order valence-electron chi connectivity index (χ0n) is 19.9. The van der Waals surface area contributed by atoms with Crippen molar-refractivity contribution in [1.82, 2.24) is 4.90 Å². The van der Waals surface area contributed by atoms with Gasteiger partial charge in [-0.3, -0.25) is 9.59 Å². The van der Waals surface area contributed by atoms with Gasteiger partial charge in [-0.25, -0.2) is 0 Å². The summed E-state index contributed by atoms with van der Waals surface area (Å²) in [6.07, 6.45) is 6.99. The number of piperidine rings is 1. The number of hydrogen-bond donors (Lipinski definition) is 1. The third-order valence-electron chi connectivity index (χ3n) is 5.86. The second-order valence-corrected chi connectivity index (χ2v) is 9.64. The quantitative estimate of drug-likeness (QED) is 0.573. The van der Waals surface area contributed by atoms with Crippen molar-refractivity contribution in [2.24, 2.45) is 5.41 Å². The topological polar surface area (TPSA) is 65.8 Å². The highest BCUT2D eigenvalue weighted by Gasteiger charge is 2.26. The average molecular weight is 440 g/mol. The lowest BCUT2D eigenvalue weighted by Gasteiger charge is -2.31. The molecule has 0 saturated carbocycles. The maximum Gasteiger partial charge on any atom is 0.256 e. The first-order valence-electron chi connectivity index (χ1n) is 11.8. The second-order valence-electron chi connectivity index (χ2n) is 9.64. The Morgan fingerprint density at radius 3 is 2.50 bits per heavy atom. The average Bonchev–Trinajstić information content (AvgIpc) is 3.29. The first-order chi connectivity index (χ1) is 15.3. The van der Waals surface area contributed by atoms with Gasteiger partial charge in [0, 0.05) is 30.7 Å². The fourth-order valence-corrected chi connectivity index (χ4v) is 3.87. The van der Waals surface area contributed by atoms with Crippen LogP contribution in [0.2, 0.25) is 0 Å². The van der Waals surface area contributed by atoms with Crippen LogP contribution in [-0.4, -0.2) is 36.3 Å². The molecule has 6 heteroatoms. The number of hydrogen-bond acceptors (Lipinski definition) is 4. The maximum atomic E-state index is 13.6. The molecule has 0 atom stereocenters. The minimum absolute atomic E-state index is 0.0347. The van der Waals surface area contributed by atoms with Crippen LogP contribution in [0.3, 0.4) is 0 Å². The predicted octanol–water partition coefficient (Wildman–Crippen LogP) is 5.70. The van der Waals surface area contributed by atoms with Gasteiger partial charge in [0.25, 0.3) is 5.91 Å². The van der Waals surface area contributed by atoms with Crippen LogP contribution in [0.1, 0.15) is 75.9 Å². The van der Waals surface area contributed by atoms with E-state index in [1.165, 1.54) is 6.42 Å². The Morgan fingerprint density at radius 2 is 1.88 bits per heavy atom. The standard InChI is InChI=1S/C26H37N3O3/c1-5-6-14-29(19-21-11-10-17-32-21)23-13-12-20(27-25(31)26(2,3)4)18-22(23)24(30)28-15-8-7-9-16-28/h10-13,17-18H,5-9,14-16,19H2,1-4H3,(H,27,31). The third-order valence-corrected chi connectivity index (χ3v) is 5.86. The molecule has 1 N–H and O–H groups in total. The van der Waals surface area contributed by atoms with Crippen LogP contribution in [0.4, 0.5) is 11.4 Å². The summed E-state index contributed by atoms with van der Waals surface area (Å²) in [6.45, 7) is 10.8. The van der Waals surface area contributed by atoms with Gasteiger partial charge in [-0.15, -0.1) is 0 Å². The van der Waals surface area contributed by atoms with Crippen LogP contribution in [0, 0.1) is 5.41 Å². The van der Waals surface area contributed by atoms with Crippen LogP contribution in [-0.2, 0) is 11.3 Å². The van der Waals surface area contributed by atoms with Gasteiger partial charge in [0.05, 0.1) is 24.1 Å². The molecule has 0 bridgehead atoms. The molecule has 6 nitrogen and oxygen atoms in total. The van der Waals surface area contributed by atoms with Crippen LogP contribution >= 0.6 is 0 Å². The van der Waals surface area contributed by atoms with Crippen LogP contribution in [0.25, 0.3) is 0 Å². The van der Waals surface area contributed by atoms with Crippen molar-refractivity contribution in [1.29, 1.82) is 0 Å². The van der Waals surface area contributed by atoms with Crippen molar-refractivity contribution in [3.05, 3.63) is 47.9 Å². The SMILES string of the molecule is CCCCN(Cc1ccco1)c1ccc(NC(=O)C(C)(C)C)cc1C(=O)N1CCCCC1. The molecule has 1 aromatic carbocycles. The van der Waals surface area contributed by atoms with E-state index in [1.54, 1.807) is 6.26 Å². The zero-order chi connectivity index (χ0) is 23.1. The molecular weight excluding hydrogens is 402 g/mol. The van der Waals surface area contributed by atoms with E-state index in [9.17, 15) is 9.59 Å². The van der Waals surface area contributed by atoms with Gasteiger partial charge in [0.1, 0.15) is 5.76 Å². The summed E-state index contributed by atoms with van der Waals surface area (Å²) in [4.78, 5) is 30.3. The highest BCUT2D eigenvalue weighted by molar-refractivity contribution is 6.02. The summed E-state index contributed by atoms with van der Waals surface area (Å²) < 4.78 is 5.60. The summed E-state index contributed by atoms with van der Waals surface area (Å²) in [7, 11) is 0. The fraction of sp³-hybridized carbons (Fsp3) is 0.538. The number of unbranched alkanes of at least 4 members (excludes halogenated alkanes) is 1. The van der Waals surface area contributed by atoms with Gasteiger partial charge in [-0.05, 0) is 56.0 Å². The van der Waals surface area contributed by atoms with E-state index in [2.05, 4.69) is 17.1 Å². The number of likely N-dealkylation sites (tertiary alicyclic amines) is 1. The molecule has 1 aliphatic rings. The summed E-state index contributed by atoms with van der Waals surface area (Å²) in [5.41, 5.74) is 1.67. The van der Waals surface area contributed by atoms with Crippen LogP contribution < -0.4 is 10.2 Å². The molecule has 174 valence electrons. The summed E-state index contributed by atoms with van der Waals surface area (Å²) >= 11 is 0. The van der Waals surface area contributed by atoms with Gasteiger partial charge in [-0.1, -0.05) is 34.1 Å². The lowest BCUT2D eigenvalue weighted by Crippen LogP contribution is -2.37. The van der Waals surface area contributed by atoms with Crippen molar-refractivity contribution in [2.75, 3.05) is 29.9 Å². The Bertz CT molecular complexity index is 894. The molecule has 32 heavy (non-hydrogen) atoms. The fourth-order valence-electron chi connectivity index (χ4n) is 3.87. The minimum atomic E-state index is -0.512. The summed E-state index contributed by atoms with van der Waals surface area (Å²) in [6, 6.07) is 9.55. The summed E-state index contributed by atoms with van der Waals surface area (Å²) in [5, 5.41) is 2.99. The van der Waals surface area contributed by atoms with E-state index in [4.69, 9.17) is 4.42 Å². The molecule has 2 heterocycles. The Labute approximate surface area is 192 Å². The summed E-state index contributed by atoms with van der Waals surface area (Å²) in [5.74, 6) is 0.829. The van der Waals surface area contributed by atoms with E-state index >= 15 is 0 Å². The highest BCUT2D eigenvalue weighted by Crippen LogP contribution is 2.29. The largest absolute Gasteiger partial charge is 0.467 e. The number of anilines is 2. The molecule has 1 aliphatic heterocycles. The maximum absolute atomic E-state index is 13.6. The number of benzene rings is 1. The van der Waals surface area contributed by atoms with E-state index in [1.807, 2.05) is 56.0 Å². The van der Waals surface area contributed by atoms with Crippen molar-refractivity contribution in [3.8, 4) is 0 Å². The Morgan fingerprint density at radius 1 is 1.12 bits per heavy atom. The van der Waals surface area contributed by atoms with Crippen molar-refractivity contribution >= 4 is 23.2 Å². The minimum Gasteiger partial charge on any atom is -0.467 e. The lowest BCUT2D eigenvalue weighted by molar-refractivity contribution is -0.123. The van der Waals surface area contributed by atoms with E-state index in [0.29, 0.717) is 17.8 Å². The number of carbonyl (C=O) groups excluding carboxylic acids is 2. The monoisotopic (exact) mass is 439 g/mol. The molecular formula is C26H37N3O3. The van der Waals surface area contributed by atoms with Crippen molar-refractivity contribution in [2.45, 2.75) is 66.3 Å². The van der Waals surface area contributed by atoms with Crippen LogP contribution in [0.15, 0.2) is 41.0 Å². The van der Waals surface area contributed by atoms with E-state index in [-0.39, 0.29) is 11.8 Å². The normalized spacial score (nSPS) is 14.3. The smallest absolute Gasteiger partial charge is 0.256 e. The first kappa shape index (κ1) is 23.9. The van der Waals surface area contributed by atoms with Gasteiger partial charge < -0.3 is 19.5 Å². The highest BCUT2D eigenvalue weighted by atomic mass is 16.3. The third kappa shape index (κ3) is 6.15. The number of rotatable bonds is 8. The number of nitrogens with one attached hydrogen (secondary N) is 1. The lowest BCUT2D eigenvalue weighted by atomic mass is 9.95. The molecule has 0 radical (unpaired) electrons. The molecule has 3 rings (SSSR count). The van der Waals surface area contributed by atoms with E-state index < -0.39 is 5.41 Å². The van der Waals surface area contributed by atoms with E-state index in [0.717, 1.165) is 56.8 Å². The molecule has 2 aromatic rings. The molecule has 2 amide bonds. The van der Waals surface area contributed by atoms with Gasteiger partial charge in [0.15, 0.2) is 0 Å². The Balaban J connectivity index is 1.97.